The van der Waals surface area contributed by atoms with Crippen LogP contribution in [0.3, 0.4) is 0 Å². The molecule has 106 valence electrons. The molecule has 1 aromatic carbocycles. The molecule has 0 aliphatic carbocycles. The van der Waals surface area contributed by atoms with Crippen molar-refractivity contribution in [1.29, 1.82) is 0 Å². The molecule has 0 aliphatic heterocycles. The summed E-state index contributed by atoms with van der Waals surface area (Å²) >= 11 is 1.05. The lowest BCUT2D eigenvalue weighted by atomic mass is 10.3. The van der Waals surface area contributed by atoms with Gasteiger partial charge >= 0.3 is 5.97 Å². The van der Waals surface area contributed by atoms with Crippen LogP contribution in [0.5, 0.6) is 10.9 Å². The number of rotatable bonds is 7. The highest BCUT2D eigenvalue weighted by atomic mass is 32.1. The Bertz CT molecular complexity index is 544. The van der Waals surface area contributed by atoms with E-state index in [0.29, 0.717) is 25.0 Å². The van der Waals surface area contributed by atoms with Crippen LogP contribution < -0.4 is 9.47 Å². The summed E-state index contributed by atoms with van der Waals surface area (Å²) in [5.41, 5.74) is 0. The van der Waals surface area contributed by atoms with Gasteiger partial charge in [-0.2, -0.15) is 0 Å². The number of esters is 1. The SMILES string of the molecule is CCOC(=O)c1nnc(OCCOc2ccccc2)s1. The van der Waals surface area contributed by atoms with Gasteiger partial charge in [0.1, 0.15) is 19.0 Å². The van der Waals surface area contributed by atoms with Gasteiger partial charge in [-0.05, 0) is 30.4 Å². The van der Waals surface area contributed by atoms with E-state index in [-0.39, 0.29) is 5.01 Å². The minimum Gasteiger partial charge on any atom is -0.490 e. The van der Waals surface area contributed by atoms with Gasteiger partial charge in [0.05, 0.1) is 6.61 Å². The Labute approximate surface area is 120 Å². The van der Waals surface area contributed by atoms with E-state index in [1.54, 1.807) is 6.92 Å². The zero-order valence-corrected chi connectivity index (χ0v) is 11.8. The number of para-hydroxylation sites is 1. The maximum atomic E-state index is 11.4. The average molecular weight is 294 g/mol. The van der Waals surface area contributed by atoms with Crippen LogP contribution in [-0.4, -0.2) is 36.0 Å². The summed E-state index contributed by atoms with van der Waals surface area (Å²) in [5.74, 6) is 0.293. The number of nitrogens with zero attached hydrogens (tertiary/aromatic N) is 2. The Hall–Kier alpha value is -2.15. The lowest BCUT2D eigenvalue weighted by molar-refractivity contribution is 0.0525. The van der Waals surface area contributed by atoms with Crippen LogP contribution in [0.1, 0.15) is 16.7 Å². The van der Waals surface area contributed by atoms with Crippen LogP contribution in [0.25, 0.3) is 0 Å². The summed E-state index contributed by atoms with van der Waals surface area (Å²) in [6.07, 6.45) is 0. The molecular formula is C13H14N2O4S. The highest BCUT2D eigenvalue weighted by molar-refractivity contribution is 7.14. The number of benzene rings is 1. The third kappa shape index (κ3) is 4.20. The van der Waals surface area contributed by atoms with Crippen LogP contribution in [0.15, 0.2) is 30.3 Å². The molecule has 2 rings (SSSR count). The van der Waals surface area contributed by atoms with Crippen LogP contribution in [-0.2, 0) is 4.74 Å². The van der Waals surface area contributed by atoms with E-state index in [0.717, 1.165) is 17.1 Å². The first-order valence-electron chi connectivity index (χ1n) is 6.11. The van der Waals surface area contributed by atoms with E-state index in [2.05, 4.69) is 10.2 Å². The average Bonchev–Trinajstić information content (AvgIpc) is 2.94. The zero-order chi connectivity index (χ0) is 14.2. The molecule has 20 heavy (non-hydrogen) atoms. The first-order chi connectivity index (χ1) is 9.79. The standard InChI is InChI=1S/C13H14N2O4S/c1-2-17-12(16)11-14-15-13(20-11)19-9-8-18-10-6-4-3-5-7-10/h3-7H,2,8-9H2,1H3. The molecule has 6 nitrogen and oxygen atoms in total. The zero-order valence-electron chi connectivity index (χ0n) is 10.9. The minimum atomic E-state index is -0.486. The summed E-state index contributed by atoms with van der Waals surface area (Å²) in [7, 11) is 0. The summed E-state index contributed by atoms with van der Waals surface area (Å²) in [5, 5.41) is 7.96. The van der Waals surface area contributed by atoms with Gasteiger partial charge in [-0.25, -0.2) is 4.79 Å². The second-order valence-corrected chi connectivity index (χ2v) is 4.54. The molecule has 0 fully saturated rings. The van der Waals surface area contributed by atoms with Crippen LogP contribution >= 0.6 is 11.3 Å². The molecule has 0 saturated heterocycles. The fraction of sp³-hybridized carbons (Fsp3) is 0.308. The van der Waals surface area contributed by atoms with Gasteiger partial charge in [-0.3, -0.25) is 0 Å². The van der Waals surface area contributed by atoms with Gasteiger partial charge in [0, 0.05) is 0 Å². The van der Waals surface area contributed by atoms with Crippen LogP contribution in [0.2, 0.25) is 0 Å². The molecular weight excluding hydrogens is 280 g/mol. The number of carbonyl (C=O) groups is 1. The lowest BCUT2D eigenvalue weighted by Gasteiger charge is -2.05. The molecule has 0 unspecified atom stereocenters. The Kier molecular flexibility index (Phi) is 5.31. The van der Waals surface area contributed by atoms with E-state index in [9.17, 15) is 4.79 Å². The van der Waals surface area contributed by atoms with E-state index in [4.69, 9.17) is 14.2 Å². The third-order valence-electron chi connectivity index (χ3n) is 2.18. The predicted octanol–water partition coefficient (Wildman–Crippen LogP) is 2.17. The molecule has 7 heteroatoms. The topological polar surface area (TPSA) is 70.5 Å². The molecule has 0 atom stereocenters. The normalized spacial score (nSPS) is 10.1. The molecule has 0 aliphatic rings. The van der Waals surface area contributed by atoms with Gasteiger partial charge in [-0.1, -0.05) is 23.3 Å². The quantitative estimate of drug-likeness (QED) is 0.576. The number of hydrogen-bond donors (Lipinski definition) is 0. The van der Waals surface area contributed by atoms with Crippen molar-refractivity contribution in [3.8, 4) is 10.9 Å². The van der Waals surface area contributed by atoms with Crippen molar-refractivity contribution in [3.63, 3.8) is 0 Å². The first-order valence-corrected chi connectivity index (χ1v) is 6.92. The molecule has 2 aromatic rings. The fourth-order valence-electron chi connectivity index (χ4n) is 1.35. The molecule has 0 spiro atoms. The van der Waals surface area contributed by atoms with Crippen molar-refractivity contribution in [2.24, 2.45) is 0 Å². The number of ether oxygens (including phenoxy) is 3. The Morgan fingerprint density at radius 2 is 1.90 bits per heavy atom. The van der Waals surface area contributed by atoms with E-state index in [1.807, 2.05) is 30.3 Å². The smallest absolute Gasteiger partial charge is 0.369 e. The van der Waals surface area contributed by atoms with Gasteiger partial charge in [0.2, 0.25) is 5.01 Å². The van der Waals surface area contributed by atoms with Gasteiger partial charge in [0.15, 0.2) is 0 Å². The predicted molar refractivity (Wildman–Crippen MR) is 73.3 cm³/mol. The summed E-state index contributed by atoms with van der Waals surface area (Å²) in [4.78, 5) is 11.4. The van der Waals surface area contributed by atoms with Crippen molar-refractivity contribution >= 4 is 17.3 Å². The molecule has 0 N–H and O–H groups in total. The van der Waals surface area contributed by atoms with Gasteiger partial charge in [-0.15, -0.1) is 5.10 Å². The van der Waals surface area contributed by atoms with Gasteiger partial charge in [0.25, 0.3) is 5.19 Å². The highest BCUT2D eigenvalue weighted by Crippen LogP contribution is 2.18. The summed E-state index contributed by atoms with van der Waals surface area (Å²) < 4.78 is 15.6. The van der Waals surface area contributed by atoms with E-state index < -0.39 is 5.97 Å². The Balaban J connectivity index is 1.73. The second-order valence-electron chi connectivity index (χ2n) is 3.60. The van der Waals surface area contributed by atoms with Crippen molar-refractivity contribution in [2.45, 2.75) is 6.92 Å². The van der Waals surface area contributed by atoms with Crippen molar-refractivity contribution < 1.29 is 19.0 Å². The molecule has 0 radical (unpaired) electrons. The first kappa shape index (κ1) is 14.3. The number of aromatic nitrogens is 2. The maximum absolute atomic E-state index is 11.4. The van der Waals surface area contributed by atoms with E-state index in [1.165, 1.54) is 0 Å². The highest BCUT2D eigenvalue weighted by Gasteiger charge is 2.14. The van der Waals surface area contributed by atoms with Crippen LogP contribution in [0, 0.1) is 0 Å². The molecule has 0 bridgehead atoms. The monoisotopic (exact) mass is 294 g/mol. The van der Waals surface area contributed by atoms with Crippen LogP contribution in [0.4, 0.5) is 0 Å². The summed E-state index contributed by atoms with van der Waals surface area (Å²) in [6.45, 7) is 2.75. The van der Waals surface area contributed by atoms with Gasteiger partial charge < -0.3 is 14.2 Å². The minimum absolute atomic E-state index is 0.186. The maximum Gasteiger partial charge on any atom is 0.369 e. The Morgan fingerprint density at radius 1 is 1.15 bits per heavy atom. The van der Waals surface area contributed by atoms with Crippen molar-refractivity contribution in [1.82, 2.24) is 10.2 Å². The lowest BCUT2D eigenvalue weighted by Crippen LogP contribution is -2.08. The second kappa shape index (κ2) is 7.44. The molecule has 0 saturated carbocycles. The summed E-state index contributed by atoms with van der Waals surface area (Å²) in [6, 6.07) is 9.44. The van der Waals surface area contributed by atoms with E-state index >= 15 is 0 Å². The largest absolute Gasteiger partial charge is 0.490 e. The Morgan fingerprint density at radius 3 is 2.65 bits per heavy atom. The number of hydrogen-bond acceptors (Lipinski definition) is 7. The number of carbonyl (C=O) groups excluding carboxylic acids is 1. The van der Waals surface area contributed by atoms with Crippen molar-refractivity contribution in [3.05, 3.63) is 35.3 Å². The molecule has 0 amide bonds. The molecule has 1 heterocycles. The van der Waals surface area contributed by atoms with Crippen molar-refractivity contribution in [2.75, 3.05) is 19.8 Å². The third-order valence-corrected chi connectivity index (χ3v) is 2.99. The fourth-order valence-corrected chi connectivity index (χ4v) is 1.96. The molecule has 1 aromatic heterocycles.